The lowest BCUT2D eigenvalue weighted by Gasteiger charge is -2.12. The zero-order chi connectivity index (χ0) is 19.5. The monoisotopic (exact) mass is 378 g/mol. The van der Waals surface area contributed by atoms with E-state index in [0.717, 1.165) is 4.31 Å². The molecule has 0 aliphatic carbocycles. The van der Waals surface area contributed by atoms with Crippen LogP contribution in [0.4, 0.5) is 5.69 Å². The van der Waals surface area contributed by atoms with Gasteiger partial charge in [-0.1, -0.05) is 6.07 Å². The number of anilines is 1. The molecule has 0 fully saturated rings. The maximum absolute atomic E-state index is 12.1. The van der Waals surface area contributed by atoms with Crippen LogP contribution in [0.25, 0.3) is 0 Å². The molecule has 1 aromatic carbocycles. The minimum Gasteiger partial charge on any atom is -0.466 e. The zero-order valence-electron chi connectivity index (χ0n) is 15.2. The number of furan rings is 1. The van der Waals surface area contributed by atoms with Gasteiger partial charge in [-0.05, 0) is 38.1 Å². The fourth-order valence-electron chi connectivity index (χ4n) is 2.42. The van der Waals surface area contributed by atoms with Crippen LogP contribution in [-0.2, 0) is 21.2 Å². The number of sulfonamides is 1. The van der Waals surface area contributed by atoms with Crippen LogP contribution >= 0.6 is 0 Å². The van der Waals surface area contributed by atoms with Crippen molar-refractivity contribution >= 4 is 27.4 Å². The van der Waals surface area contributed by atoms with Gasteiger partial charge in [0, 0.05) is 32.6 Å². The van der Waals surface area contributed by atoms with Gasteiger partial charge in [0.15, 0.2) is 5.78 Å². The molecule has 0 bridgehead atoms. The number of rotatable bonds is 7. The van der Waals surface area contributed by atoms with Crippen LogP contribution in [0.1, 0.15) is 35.2 Å². The normalized spacial score (nSPS) is 11.6. The van der Waals surface area contributed by atoms with Crippen molar-refractivity contribution in [2.75, 3.05) is 19.4 Å². The van der Waals surface area contributed by atoms with E-state index in [9.17, 15) is 18.0 Å². The minimum atomic E-state index is -3.57. The van der Waals surface area contributed by atoms with Crippen molar-refractivity contribution in [3.8, 4) is 0 Å². The lowest BCUT2D eigenvalue weighted by Crippen LogP contribution is -2.22. The van der Waals surface area contributed by atoms with Gasteiger partial charge < -0.3 is 9.73 Å². The molecule has 1 N–H and O–H groups in total. The molecule has 0 spiro atoms. The average molecular weight is 378 g/mol. The van der Waals surface area contributed by atoms with E-state index in [0.29, 0.717) is 29.2 Å². The highest BCUT2D eigenvalue weighted by molar-refractivity contribution is 7.89. The van der Waals surface area contributed by atoms with Crippen molar-refractivity contribution in [2.24, 2.45) is 0 Å². The number of ketones is 1. The Hall–Kier alpha value is -2.45. The predicted molar refractivity (Wildman–Crippen MR) is 97.7 cm³/mol. The Labute approximate surface area is 153 Å². The number of nitrogens with one attached hydrogen (secondary N) is 1. The molecule has 2 rings (SSSR count). The Kier molecular flexibility index (Phi) is 5.99. The van der Waals surface area contributed by atoms with Gasteiger partial charge in [-0.3, -0.25) is 9.59 Å². The Balaban J connectivity index is 2.02. The molecule has 0 atom stereocenters. The van der Waals surface area contributed by atoms with Gasteiger partial charge in [-0.25, -0.2) is 12.7 Å². The summed E-state index contributed by atoms with van der Waals surface area (Å²) < 4.78 is 30.9. The lowest BCUT2D eigenvalue weighted by molar-refractivity contribution is -0.116. The Morgan fingerprint density at radius 3 is 2.46 bits per heavy atom. The number of hydrogen-bond acceptors (Lipinski definition) is 5. The van der Waals surface area contributed by atoms with E-state index in [2.05, 4.69) is 5.32 Å². The molecule has 0 aliphatic heterocycles. The average Bonchev–Trinajstić information content (AvgIpc) is 2.94. The van der Waals surface area contributed by atoms with Crippen molar-refractivity contribution in [1.29, 1.82) is 0 Å². The molecule has 8 heteroatoms. The van der Waals surface area contributed by atoms with E-state index in [1.165, 1.54) is 33.2 Å². The van der Waals surface area contributed by atoms with Crippen LogP contribution in [0, 0.1) is 6.92 Å². The summed E-state index contributed by atoms with van der Waals surface area (Å²) in [6.45, 7) is 3.17. The maximum atomic E-state index is 12.1. The van der Waals surface area contributed by atoms with E-state index in [4.69, 9.17) is 4.42 Å². The van der Waals surface area contributed by atoms with Crippen LogP contribution in [0.5, 0.6) is 0 Å². The highest BCUT2D eigenvalue weighted by atomic mass is 32.2. The molecule has 1 aromatic heterocycles. The molecular formula is C18H22N2O5S. The van der Waals surface area contributed by atoms with Crippen molar-refractivity contribution in [3.05, 3.63) is 47.4 Å². The molecule has 0 aliphatic rings. The Bertz CT molecular complexity index is 929. The largest absolute Gasteiger partial charge is 0.466 e. The van der Waals surface area contributed by atoms with E-state index in [1.54, 1.807) is 25.1 Å². The van der Waals surface area contributed by atoms with E-state index in [-0.39, 0.29) is 23.0 Å². The summed E-state index contributed by atoms with van der Waals surface area (Å²) in [5, 5.41) is 2.68. The topological polar surface area (TPSA) is 96.7 Å². The number of benzene rings is 1. The molecule has 0 radical (unpaired) electrons. The molecule has 0 saturated carbocycles. The molecule has 0 saturated heterocycles. The number of carbonyl (C=O) groups is 2. The first-order valence-electron chi connectivity index (χ1n) is 8.04. The SMILES string of the molecule is CC(=O)c1cc(CCC(=O)Nc2cccc(S(=O)(=O)N(C)C)c2)oc1C. The Morgan fingerprint density at radius 2 is 1.88 bits per heavy atom. The second-order valence-corrected chi connectivity index (χ2v) is 8.25. The van der Waals surface area contributed by atoms with Gasteiger partial charge in [0.2, 0.25) is 15.9 Å². The molecule has 2 aromatic rings. The first kappa shape index (κ1) is 19.9. The predicted octanol–water partition coefficient (Wildman–Crippen LogP) is 2.61. The van der Waals surface area contributed by atoms with Crippen LogP contribution in [0.15, 0.2) is 39.6 Å². The summed E-state index contributed by atoms with van der Waals surface area (Å²) in [6, 6.07) is 7.73. The summed E-state index contributed by atoms with van der Waals surface area (Å²) in [5.74, 6) is 0.741. The maximum Gasteiger partial charge on any atom is 0.242 e. The van der Waals surface area contributed by atoms with Crippen LogP contribution < -0.4 is 5.32 Å². The molecule has 1 amide bonds. The fraction of sp³-hybridized carbons (Fsp3) is 0.333. The third-order valence-corrected chi connectivity index (χ3v) is 5.65. The third kappa shape index (κ3) is 4.59. The van der Waals surface area contributed by atoms with Crippen molar-refractivity contribution in [3.63, 3.8) is 0 Å². The quantitative estimate of drug-likeness (QED) is 0.747. The van der Waals surface area contributed by atoms with E-state index < -0.39 is 10.0 Å². The van der Waals surface area contributed by atoms with Crippen LogP contribution in [-0.4, -0.2) is 38.5 Å². The van der Waals surface area contributed by atoms with Gasteiger partial charge in [0.25, 0.3) is 0 Å². The number of carbonyl (C=O) groups excluding carboxylic acids is 2. The van der Waals surface area contributed by atoms with Gasteiger partial charge in [0.1, 0.15) is 11.5 Å². The summed E-state index contributed by atoms with van der Waals surface area (Å²) in [7, 11) is -0.674. The minimum absolute atomic E-state index is 0.0825. The summed E-state index contributed by atoms with van der Waals surface area (Å²) in [4.78, 5) is 23.7. The van der Waals surface area contributed by atoms with E-state index in [1.807, 2.05) is 0 Å². The first-order valence-corrected chi connectivity index (χ1v) is 9.48. The number of nitrogens with zero attached hydrogens (tertiary/aromatic N) is 1. The van der Waals surface area contributed by atoms with Gasteiger partial charge >= 0.3 is 0 Å². The lowest BCUT2D eigenvalue weighted by atomic mass is 10.1. The fourth-order valence-corrected chi connectivity index (χ4v) is 3.37. The molecule has 26 heavy (non-hydrogen) atoms. The van der Waals surface area contributed by atoms with Crippen molar-refractivity contribution < 1.29 is 22.4 Å². The smallest absolute Gasteiger partial charge is 0.242 e. The summed E-state index contributed by atoms with van der Waals surface area (Å²) >= 11 is 0. The molecule has 0 unspecified atom stereocenters. The molecular weight excluding hydrogens is 356 g/mol. The van der Waals surface area contributed by atoms with Crippen LogP contribution in [0.2, 0.25) is 0 Å². The summed E-state index contributed by atoms with van der Waals surface area (Å²) in [5.41, 5.74) is 0.917. The third-order valence-electron chi connectivity index (χ3n) is 3.84. The first-order chi connectivity index (χ1) is 12.1. The van der Waals surface area contributed by atoms with Crippen molar-refractivity contribution in [2.45, 2.75) is 31.6 Å². The van der Waals surface area contributed by atoms with Gasteiger partial charge in [-0.2, -0.15) is 0 Å². The zero-order valence-corrected chi connectivity index (χ0v) is 16.0. The highest BCUT2D eigenvalue weighted by Crippen LogP contribution is 2.19. The molecule has 140 valence electrons. The standard InChI is InChI=1S/C18H22N2O5S/c1-12(21)17-11-15(25-13(17)2)8-9-18(22)19-14-6-5-7-16(10-14)26(23,24)20(3)4/h5-7,10-11H,8-9H2,1-4H3,(H,19,22). The second kappa shape index (κ2) is 7.84. The van der Waals surface area contributed by atoms with Gasteiger partial charge in [-0.15, -0.1) is 0 Å². The van der Waals surface area contributed by atoms with Gasteiger partial charge in [0.05, 0.1) is 10.5 Å². The highest BCUT2D eigenvalue weighted by Gasteiger charge is 2.18. The van der Waals surface area contributed by atoms with E-state index >= 15 is 0 Å². The van der Waals surface area contributed by atoms with Crippen LogP contribution in [0.3, 0.4) is 0 Å². The molecule has 7 nitrogen and oxygen atoms in total. The number of hydrogen-bond donors (Lipinski definition) is 1. The summed E-state index contributed by atoms with van der Waals surface area (Å²) in [6.07, 6.45) is 0.491. The second-order valence-electron chi connectivity index (χ2n) is 6.10. The number of aryl methyl sites for hydroxylation is 2. The van der Waals surface area contributed by atoms with Crippen molar-refractivity contribution in [1.82, 2.24) is 4.31 Å². The number of Topliss-reactive ketones (excluding diaryl/α,β-unsaturated/α-hetero) is 1. The number of amides is 1. The molecule has 1 heterocycles. The Morgan fingerprint density at radius 1 is 1.19 bits per heavy atom.